The number of anilines is 1. The van der Waals surface area contributed by atoms with Crippen LogP contribution in [0.4, 0.5) is 5.69 Å². The number of nitrogens with one attached hydrogen (secondary N) is 1. The normalized spacial score (nSPS) is 17.6. The molecular weight excluding hydrogens is 220 g/mol. The van der Waals surface area contributed by atoms with Gasteiger partial charge in [0, 0.05) is 18.3 Å². The molecule has 0 aromatic heterocycles. The lowest BCUT2D eigenvalue weighted by molar-refractivity contribution is 0.426. The summed E-state index contributed by atoms with van der Waals surface area (Å²) in [6, 6.07) is 9.45. The molecule has 0 radical (unpaired) electrons. The number of hydrogen-bond donors (Lipinski definition) is 1. The van der Waals surface area contributed by atoms with Crippen LogP contribution in [0.25, 0.3) is 0 Å². The quantitative estimate of drug-likeness (QED) is 0.776. The summed E-state index contributed by atoms with van der Waals surface area (Å²) in [5.41, 5.74) is 2.96. The van der Waals surface area contributed by atoms with Crippen LogP contribution in [-0.2, 0) is 6.42 Å². The number of benzene rings is 1. The Hall–Kier alpha value is -1.02. The van der Waals surface area contributed by atoms with E-state index in [1.54, 1.807) is 0 Å². The van der Waals surface area contributed by atoms with Gasteiger partial charge in [-0.2, -0.15) is 0 Å². The largest absolute Gasteiger partial charge is 0.368 e. The van der Waals surface area contributed by atoms with Crippen molar-refractivity contribution < 1.29 is 0 Å². The molecular formula is C16H26N2. The molecule has 2 nitrogen and oxygen atoms in total. The first-order valence-corrected chi connectivity index (χ1v) is 7.29. The highest BCUT2D eigenvalue weighted by Gasteiger charge is 2.25. The van der Waals surface area contributed by atoms with Gasteiger partial charge in [-0.3, -0.25) is 0 Å². The van der Waals surface area contributed by atoms with E-state index < -0.39 is 0 Å². The van der Waals surface area contributed by atoms with Crippen LogP contribution in [0, 0.1) is 5.92 Å². The third-order valence-electron chi connectivity index (χ3n) is 4.13. The fraction of sp³-hybridized carbons (Fsp3) is 0.625. The second kappa shape index (κ2) is 6.24. The van der Waals surface area contributed by atoms with Gasteiger partial charge in [0.2, 0.25) is 0 Å². The summed E-state index contributed by atoms with van der Waals surface area (Å²) in [5.74, 6) is 0.683. The van der Waals surface area contributed by atoms with E-state index in [4.69, 9.17) is 0 Å². The molecule has 0 amide bonds. The predicted octanol–water partition coefficient (Wildman–Crippen LogP) is 3.07. The SMILES string of the molecule is CCCNCC(C)C(C)N1CCc2ccccc21. The van der Waals surface area contributed by atoms with Gasteiger partial charge in [-0.15, -0.1) is 0 Å². The highest BCUT2D eigenvalue weighted by molar-refractivity contribution is 5.58. The van der Waals surface area contributed by atoms with Crippen LogP contribution in [0.2, 0.25) is 0 Å². The Bertz CT molecular complexity index is 375. The molecule has 100 valence electrons. The maximum atomic E-state index is 3.54. The summed E-state index contributed by atoms with van der Waals surface area (Å²) >= 11 is 0. The molecule has 0 saturated carbocycles. The van der Waals surface area contributed by atoms with Crippen molar-refractivity contribution in [2.45, 2.75) is 39.7 Å². The molecule has 2 unspecified atom stereocenters. The second-order valence-electron chi connectivity index (χ2n) is 5.49. The molecule has 1 aliphatic heterocycles. The first-order valence-electron chi connectivity index (χ1n) is 7.29. The maximum Gasteiger partial charge on any atom is 0.0402 e. The summed E-state index contributed by atoms with van der Waals surface area (Å²) in [6.45, 7) is 10.4. The third kappa shape index (κ3) is 2.86. The highest BCUT2D eigenvalue weighted by atomic mass is 15.2. The van der Waals surface area contributed by atoms with E-state index in [1.165, 1.54) is 30.6 Å². The molecule has 1 N–H and O–H groups in total. The standard InChI is InChI=1S/C16H26N2/c1-4-10-17-12-13(2)14(3)18-11-9-15-7-5-6-8-16(15)18/h5-8,13-14,17H,4,9-12H2,1-3H3. The molecule has 0 fully saturated rings. The molecule has 2 atom stereocenters. The van der Waals surface area contributed by atoms with Crippen molar-refractivity contribution >= 4 is 5.69 Å². The van der Waals surface area contributed by atoms with Gasteiger partial charge in [0.1, 0.15) is 0 Å². The van der Waals surface area contributed by atoms with E-state index in [9.17, 15) is 0 Å². The number of hydrogen-bond acceptors (Lipinski definition) is 2. The van der Waals surface area contributed by atoms with Gasteiger partial charge in [-0.1, -0.05) is 32.0 Å². The highest BCUT2D eigenvalue weighted by Crippen LogP contribution is 2.30. The number of fused-ring (bicyclic) bond motifs is 1. The van der Waals surface area contributed by atoms with Crippen LogP contribution in [0.5, 0.6) is 0 Å². The molecule has 1 aliphatic rings. The third-order valence-corrected chi connectivity index (χ3v) is 4.13. The fourth-order valence-corrected chi connectivity index (χ4v) is 2.77. The van der Waals surface area contributed by atoms with Crippen LogP contribution < -0.4 is 10.2 Å². The second-order valence-corrected chi connectivity index (χ2v) is 5.49. The average Bonchev–Trinajstić information content (AvgIpc) is 2.82. The zero-order valence-electron chi connectivity index (χ0n) is 11.9. The van der Waals surface area contributed by atoms with Crippen molar-refractivity contribution in [3.05, 3.63) is 29.8 Å². The van der Waals surface area contributed by atoms with Crippen LogP contribution in [0.3, 0.4) is 0 Å². The molecule has 0 bridgehead atoms. The monoisotopic (exact) mass is 246 g/mol. The minimum absolute atomic E-state index is 0.609. The van der Waals surface area contributed by atoms with E-state index in [2.05, 4.69) is 55.3 Å². The van der Waals surface area contributed by atoms with Crippen LogP contribution in [-0.4, -0.2) is 25.7 Å². The summed E-state index contributed by atoms with van der Waals surface area (Å²) in [5, 5.41) is 3.54. The van der Waals surface area contributed by atoms with E-state index in [1.807, 2.05) is 0 Å². The summed E-state index contributed by atoms with van der Waals surface area (Å²) < 4.78 is 0. The van der Waals surface area contributed by atoms with Gasteiger partial charge in [-0.25, -0.2) is 0 Å². The van der Waals surface area contributed by atoms with Gasteiger partial charge in [-0.05, 0) is 50.4 Å². The number of rotatable bonds is 6. The van der Waals surface area contributed by atoms with Crippen molar-refractivity contribution in [1.82, 2.24) is 5.32 Å². The number of nitrogens with zero attached hydrogens (tertiary/aromatic N) is 1. The van der Waals surface area contributed by atoms with Gasteiger partial charge < -0.3 is 10.2 Å². The average molecular weight is 246 g/mol. The molecule has 0 saturated heterocycles. The minimum atomic E-state index is 0.609. The molecule has 1 heterocycles. The van der Waals surface area contributed by atoms with Gasteiger partial charge in [0.25, 0.3) is 0 Å². The van der Waals surface area contributed by atoms with Crippen LogP contribution in [0.1, 0.15) is 32.8 Å². The zero-order chi connectivity index (χ0) is 13.0. The van der Waals surface area contributed by atoms with Crippen molar-refractivity contribution in [2.24, 2.45) is 5.92 Å². The maximum absolute atomic E-state index is 3.54. The zero-order valence-corrected chi connectivity index (χ0v) is 11.9. The van der Waals surface area contributed by atoms with Crippen LogP contribution >= 0.6 is 0 Å². The van der Waals surface area contributed by atoms with Crippen molar-refractivity contribution in [2.75, 3.05) is 24.5 Å². The summed E-state index contributed by atoms with van der Waals surface area (Å²) in [4.78, 5) is 2.58. The summed E-state index contributed by atoms with van der Waals surface area (Å²) in [6.07, 6.45) is 2.42. The molecule has 0 spiro atoms. The van der Waals surface area contributed by atoms with E-state index in [-0.39, 0.29) is 0 Å². The lowest BCUT2D eigenvalue weighted by Gasteiger charge is -2.32. The van der Waals surface area contributed by atoms with Gasteiger partial charge in [0.05, 0.1) is 0 Å². The van der Waals surface area contributed by atoms with Gasteiger partial charge in [0.15, 0.2) is 0 Å². The molecule has 2 rings (SSSR count). The molecule has 1 aromatic carbocycles. The summed E-state index contributed by atoms with van der Waals surface area (Å²) in [7, 11) is 0. The van der Waals surface area contributed by atoms with Crippen LogP contribution in [0.15, 0.2) is 24.3 Å². The Labute approximate surface area is 111 Å². The smallest absolute Gasteiger partial charge is 0.0402 e. The Morgan fingerprint density at radius 3 is 2.83 bits per heavy atom. The van der Waals surface area contributed by atoms with Crippen molar-refractivity contribution in [3.63, 3.8) is 0 Å². The number of para-hydroxylation sites is 1. The Morgan fingerprint density at radius 1 is 1.28 bits per heavy atom. The van der Waals surface area contributed by atoms with Gasteiger partial charge >= 0.3 is 0 Å². The Morgan fingerprint density at radius 2 is 2.06 bits per heavy atom. The minimum Gasteiger partial charge on any atom is -0.368 e. The lowest BCUT2D eigenvalue weighted by atomic mass is 10.0. The molecule has 18 heavy (non-hydrogen) atoms. The topological polar surface area (TPSA) is 15.3 Å². The van der Waals surface area contributed by atoms with Crippen molar-refractivity contribution in [1.29, 1.82) is 0 Å². The first kappa shape index (κ1) is 13.4. The predicted molar refractivity (Wildman–Crippen MR) is 79.3 cm³/mol. The van der Waals surface area contributed by atoms with Crippen molar-refractivity contribution in [3.8, 4) is 0 Å². The molecule has 1 aromatic rings. The molecule has 2 heteroatoms. The van der Waals surface area contributed by atoms with E-state index >= 15 is 0 Å². The molecule has 0 aliphatic carbocycles. The fourth-order valence-electron chi connectivity index (χ4n) is 2.77. The van der Waals surface area contributed by atoms with E-state index in [0.717, 1.165) is 13.1 Å². The first-order chi connectivity index (χ1) is 8.74. The lowest BCUT2D eigenvalue weighted by Crippen LogP contribution is -2.40. The Balaban J connectivity index is 1.96. The van der Waals surface area contributed by atoms with E-state index in [0.29, 0.717) is 12.0 Å². The Kier molecular flexibility index (Phi) is 4.65.